The van der Waals surface area contributed by atoms with Gasteiger partial charge in [-0.15, -0.1) is 7.26 Å². The lowest BCUT2D eigenvalue weighted by molar-refractivity contribution is -0.120. The van der Waals surface area contributed by atoms with Gasteiger partial charge < -0.3 is 5.32 Å². The van der Waals surface area contributed by atoms with Gasteiger partial charge in [-0.25, -0.2) is 4.85 Å². The molecule has 1 aromatic carbocycles. The first kappa shape index (κ1) is 18.9. The predicted molar refractivity (Wildman–Crippen MR) is 105 cm³/mol. The maximum absolute atomic E-state index is 13.3. The molecule has 1 fully saturated rings. The molecule has 0 spiro atoms. The van der Waals surface area contributed by atoms with Gasteiger partial charge in [0.1, 0.15) is 5.16 Å². The molecule has 4 heteroatoms. The third-order valence-corrected chi connectivity index (χ3v) is 11.6. The van der Waals surface area contributed by atoms with Crippen LogP contribution in [0.3, 0.4) is 0 Å². The highest BCUT2D eigenvalue weighted by atomic mass is 31.2. The van der Waals surface area contributed by atoms with Gasteiger partial charge in [0.05, 0.1) is 6.57 Å². The van der Waals surface area contributed by atoms with E-state index in [1.165, 1.54) is 0 Å². The highest BCUT2D eigenvalue weighted by Gasteiger charge is 2.58. The summed E-state index contributed by atoms with van der Waals surface area (Å²) in [7, 11) is -1.40. The molecule has 1 saturated carbocycles. The molecular weight excluding hydrogens is 315 g/mol. The molecule has 0 aliphatic heterocycles. The molecule has 130 valence electrons. The molecule has 0 saturated heterocycles. The fraction of sp³-hybridized carbons (Fsp3) is 0.550. The van der Waals surface area contributed by atoms with Crippen molar-refractivity contribution in [3.63, 3.8) is 0 Å². The van der Waals surface area contributed by atoms with Crippen LogP contribution in [0.1, 0.15) is 51.2 Å². The van der Waals surface area contributed by atoms with E-state index in [1.807, 2.05) is 26.0 Å². The molecule has 0 bridgehead atoms. The minimum atomic E-state index is -1.40. The van der Waals surface area contributed by atoms with E-state index in [4.69, 9.17) is 6.57 Å². The molecule has 2 rings (SSSR count). The van der Waals surface area contributed by atoms with Crippen molar-refractivity contribution in [3.05, 3.63) is 40.8 Å². The summed E-state index contributed by atoms with van der Waals surface area (Å²) in [5, 5.41) is 3.07. The van der Waals surface area contributed by atoms with Crippen LogP contribution in [0, 0.1) is 26.6 Å². The summed E-state index contributed by atoms with van der Waals surface area (Å²) in [5.41, 5.74) is 3.47. The van der Waals surface area contributed by atoms with Crippen LogP contribution in [-0.4, -0.2) is 23.4 Å². The van der Waals surface area contributed by atoms with Gasteiger partial charge in [0.2, 0.25) is 0 Å². The monoisotopic (exact) mass is 344 g/mol. The summed E-state index contributed by atoms with van der Waals surface area (Å²) in [6, 6.07) is 3.72. The summed E-state index contributed by atoms with van der Waals surface area (Å²) in [6.45, 7) is 17.8. The smallest absolute Gasteiger partial charge is 0.265 e. The second-order valence-electron chi connectivity index (χ2n) is 6.83. The van der Waals surface area contributed by atoms with Crippen molar-refractivity contribution in [2.75, 3.05) is 17.6 Å². The molecule has 0 radical (unpaired) electrons. The first-order valence-corrected chi connectivity index (χ1v) is 11.1. The van der Waals surface area contributed by atoms with Crippen molar-refractivity contribution in [3.8, 4) is 0 Å². The van der Waals surface area contributed by atoms with Crippen molar-refractivity contribution in [1.29, 1.82) is 0 Å². The van der Waals surface area contributed by atoms with Gasteiger partial charge in [0, 0.05) is 18.0 Å². The molecule has 0 heterocycles. The Morgan fingerprint density at radius 1 is 1.29 bits per heavy atom. The largest absolute Gasteiger partial charge is 0.322 e. The molecule has 1 aromatic rings. The average molecular weight is 344 g/mol. The van der Waals surface area contributed by atoms with Crippen LogP contribution in [0.4, 0.5) is 11.4 Å². The molecule has 0 unspecified atom stereocenters. The van der Waals surface area contributed by atoms with Gasteiger partial charge in [0.15, 0.2) is 5.69 Å². The fourth-order valence-electron chi connectivity index (χ4n) is 4.26. The summed E-state index contributed by atoms with van der Waals surface area (Å²) >= 11 is 0. The predicted octanol–water partition coefficient (Wildman–Crippen LogP) is 5.95. The fourth-order valence-corrected chi connectivity index (χ4v) is 8.81. The molecule has 1 aliphatic carbocycles. The molecule has 0 aromatic heterocycles. The van der Waals surface area contributed by atoms with E-state index in [2.05, 4.69) is 37.1 Å². The second-order valence-corrected chi connectivity index (χ2v) is 11.5. The quantitative estimate of drug-likeness (QED) is 0.502. The number of benzene rings is 1. The molecule has 1 N–H and O–H groups in total. The van der Waals surface area contributed by atoms with Crippen LogP contribution in [0.2, 0.25) is 0 Å². The van der Waals surface area contributed by atoms with E-state index in [1.54, 1.807) is 0 Å². The average Bonchev–Trinajstić information content (AvgIpc) is 2.53. The third kappa shape index (κ3) is 2.86. The Labute approximate surface area is 147 Å². The number of rotatable bonds is 6. The number of anilines is 1. The third-order valence-electron chi connectivity index (χ3n) is 5.96. The van der Waals surface area contributed by atoms with Gasteiger partial charge in [-0.2, -0.15) is 13.1 Å². The van der Waals surface area contributed by atoms with Crippen LogP contribution in [0.15, 0.2) is 12.1 Å². The highest BCUT2D eigenvalue weighted by Crippen LogP contribution is 2.76. The number of aryl methyl sites for hydroxylation is 2. The summed E-state index contributed by atoms with van der Waals surface area (Å²) < 4.78 is 0. The van der Waals surface area contributed by atoms with E-state index in [0.29, 0.717) is 5.69 Å². The van der Waals surface area contributed by atoms with E-state index >= 15 is 0 Å². The Morgan fingerprint density at radius 2 is 1.83 bits per heavy atom. The first-order chi connectivity index (χ1) is 11.4. The van der Waals surface area contributed by atoms with Gasteiger partial charge in [-0.1, -0.05) is 12.1 Å². The molecular formula is C20H29N2OP. The topological polar surface area (TPSA) is 33.5 Å². The lowest BCUT2D eigenvalue weighted by atomic mass is 9.83. The zero-order valence-electron chi connectivity index (χ0n) is 15.6. The molecule has 1 amide bonds. The first-order valence-electron chi connectivity index (χ1n) is 8.87. The van der Waals surface area contributed by atoms with Crippen molar-refractivity contribution in [2.24, 2.45) is 0 Å². The van der Waals surface area contributed by atoms with E-state index in [0.717, 1.165) is 48.4 Å². The number of nitrogens with zero attached hydrogens (tertiary/aromatic N) is 1. The number of hydrogen-bond donors (Lipinski definition) is 1. The van der Waals surface area contributed by atoms with Crippen molar-refractivity contribution in [1.82, 2.24) is 0 Å². The SMILES string of the molecule is [C-]#[N+]c1cc(C)c(NC(=O)C2([P+]([CH-]C)(CC)CC)CCC2)c(C)c1. The Morgan fingerprint density at radius 3 is 2.17 bits per heavy atom. The zero-order valence-corrected chi connectivity index (χ0v) is 16.5. The van der Waals surface area contributed by atoms with Crippen molar-refractivity contribution in [2.45, 2.75) is 59.0 Å². The maximum atomic E-state index is 13.3. The number of carbonyl (C=O) groups excluding carboxylic acids is 1. The second kappa shape index (κ2) is 7.24. The number of hydrogen-bond acceptors (Lipinski definition) is 1. The van der Waals surface area contributed by atoms with Crippen LogP contribution in [-0.2, 0) is 4.79 Å². The van der Waals surface area contributed by atoms with Crippen LogP contribution < -0.4 is 5.32 Å². The Bertz CT molecular complexity index is 635. The van der Waals surface area contributed by atoms with E-state index in [-0.39, 0.29) is 11.1 Å². The minimum Gasteiger partial charge on any atom is -0.322 e. The molecule has 3 nitrogen and oxygen atoms in total. The van der Waals surface area contributed by atoms with Crippen LogP contribution >= 0.6 is 7.26 Å². The zero-order chi connectivity index (χ0) is 18.0. The molecule has 24 heavy (non-hydrogen) atoms. The summed E-state index contributed by atoms with van der Waals surface area (Å²) in [5.74, 6) is 0.200. The van der Waals surface area contributed by atoms with E-state index in [9.17, 15) is 4.79 Å². The van der Waals surface area contributed by atoms with Gasteiger partial charge in [-0.3, -0.25) is 4.79 Å². The lowest BCUT2D eigenvalue weighted by Crippen LogP contribution is -2.51. The van der Waals surface area contributed by atoms with Crippen molar-refractivity contribution < 1.29 is 4.79 Å². The van der Waals surface area contributed by atoms with Crippen LogP contribution in [0.5, 0.6) is 0 Å². The minimum absolute atomic E-state index is 0.178. The van der Waals surface area contributed by atoms with E-state index < -0.39 is 7.26 Å². The normalized spacial score (nSPS) is 16.2. The van der Waals surface area contributed by atoms with Crippen LogP contribution in [0.25, 0.3) is 4.85 Å². The summed E-state index contributed by atoms with van der Waals surface area (Å²) in [4.78, 5) is 16.8. The lowest BCUT2D eigenvalue weighted by Gasteiger charge is -2.53. The Balaban J connectivity index is 2.37. The Kier molecular flexibility index (Phi) is 5.71. The van der Waals surface area contributed by atoms with Crippen molar-refractivity contribution >= 4 is 24.5 Å². The number of nitrogens with one attached hydrogen (secondary N) is 1. The number of carbonyl (C=O) groups is 1. The standard InChI is InChI=1S/C20H29N2OP/c1-7-24(8-2,9-3)20(11-10-12-20)19(23)22-18-15(4)13-17(21-6)14-16(18)5/h7,13-14H,8-12H2,1-5H3,(H,22,23). The molecule has 1 aliphatic rings. The number of amides is 1. The van der Waals surface area contributed by atoms with Gasteiger partial charge >= 0.3 is 0 Å². The summed E-state index contributed by atoms with van der Waals surface area (Å²) in [6.07, 6.45) is 7.74. The van der Waals surface area contributed by atoms with Gasteiger partial charge in [-0.05, 0) is 58.1 Å². The Hall–Kier alpha value is -1.39. The maximum Gasteiger partial charge on any atom is 0.265 e. The van der Waals surface area contributed by atoms with Gasteiger partial charge in [0.25, 0.3) is 5.91 Å². The highest BCUT2D eigenvalue weighted by molar-refractivity contribution is 7.80. The molecule has 0 atom stereocenters.